The van der Waals surface area contributed by atoms with E-state index >= 15 is 0 Å². The highest BCUT2D eigenvalue weighted by Gasteiger charge is 2.35. The molecule has 2 atom stereocenters. The number of hydrogen-bond donors (Lipinski definition) is 2. The van der Waals surface area contributed by atoms with E-state index < -0.39 is 0 Å². The number of carbonyl (C=O) groups excluding carboxylic acids is 1. The molecule has 2 aliphatic carbocycles. The Morgan fingerprint density at radius 1 is 1.14 bits per heavy atom. The van der Waals surface area contributed by atoms with Crippen LogP contribution in [0.4, 0.5) is 10.5 Å². The lowest BCUT2D eigenvalue weighted by Gasteiger charge is -2.15. The fourth-order valence-corrected chi connectivity index (χ4v) is 2.71. The molecule has 5 heteroatoms. The summed E-state index contributed by atoms with van der Waals surface area (Å²) < 4.78 is 5.80. The Morgan fingerprint density at radius 3 is 2.50 bits per heavy atom. The van der Waals surface area contributed by atoms with Crippen LogP contribution in [0.15, 0.2) is 42.1 Å². The zero-order chi connectivity index (χ0) is 21.1. The maximum Gasteiger partial charge on any atom is 0.323 e. The number of urea groups is 1. The molecular formula is C23H37N3O2. The smallest absolute Gasteiger partial charge is 0.323 e. The summed E-state index contributed by atoms with van der Waals surface area (Å²) in [5.74, 6) is 2.10. The van der Waals surface area contributed by atoms with E-state index in [1.165, 1.54) is 6.42 Å². The molecule has 156 valence electrons. The molecular weight excluding hydrogens is 350 g/mol. The highest BCUT2D eigenvalue weighted by Crippen LogP contribution is 2.43. The van der Waals surface area contributed by atoms with Crippen LogP contribution in [0.5, 0.6) is 5.75 Å². The van der Waals surface area contributed by atoms with Crippen molar-refractivity contribution in [3.63, 3.8) is 0 Å². The van der Waals surface area contributed by atoms with Gasteiger partial charge in [0.05, 0.1) is 0 Å². The van der Waals surface area contributed by atoms with E-state index in [-0.39, 0.29) is 6.03 Å². The van der Waals surface area contributed by atoms with Gasteiger partial charge in [0, 0.05) is 24.0 Å². The van der Waals surface area contributed by atoms with Gasteiger partial charge in [-0.3, -0.25) is 0 Å². The van der Waals surface area contributed by atoms with Crippen LogP contribution in [-0.2, 0) is 0 Å². The Hall–Kier alpha value is -2.27. The van der Waals surface area contributed by atoms with Gasteiger partial charge >= 0.3 is 6.03 Å². The lowest BCUT2D eigenvalue weighted by atomic mass is 10.1. The fourth-order valence-electron chi connectivity index (χ4n) is 2.71. The van der Waals surface area contributed by atoms with Gasteiger partial charge in [0.1, 0.15) is 12.4 Å². The second-order valence-corrected chi connectivity index (χ2v) is 6.76. The molecule has 1 fully saturated rings. The van der Waals surface area contributed by atoms with Crippen molar-refractivity contribution in [2.75, 3.05) is 32.6 Å². The number of ether oxygens (including phenoxy) is 1. The van der Waals surface area contributed by atoms with Crippen LogP contribution in [0.25, 0.3) is 0 Å². The van der Waals surface area contributed by atoms with Crippen LogP contribution < -0.4 is 15.4 Å². The second kappa shape index (κ2) is 12.2. The number of likely N-dealkylation sites (N-methyl/N-ethyl adjacent to an activating group) is 1. The molecule has 3 rings (SSSR count). The molecule has 1 aromatic carbocycles. The van der Waals surface area contributed by atoms with Crippen molar-refractivity contribution in [1.29, 1.82) is 0 Å². The third kappa shape index (κ3) is 7.77. The Balaban J connectivity index is 0.000000921. The van der Waals surface area contributed by atoms with Gasteiger partial charge < -0.3 is 20.3 Å². The van der Waals surface area contributed by atoms with Crippen LogP contribution >= 0.6 is 0 Å². The molecule has 1 saturated carbocycles. The monoisotopic (exact) mass is 387 g/mol. The predicted octanol–water partition coefficient (Wildman–Crippen LogP) is 5.20. The lowest BCUT2D eigenvalue weighted by Crippen LogP contribution is -2.28. The maximum absolute atomic E-state index is 12.2. The first-order valence-electron chi connectivity index (χ1n) is 10.4. The molecule has 0 saturated heterocycles. The number of nitrogens with one attached hydrogen (secondary N) is 2. The standard InChI is InChI=1S/C19H25N3O2.2C2H6/c1-13-4-6-17(12-18(13)24-9-8-22(2)3)21-19(23)20-16-7-5-14-10-15(14)11-16;2*1-2/h4-7,11-12,14-15H,8-10H2,1-3H3,(H2,20,21,23);2*1-2H3. The summed E-state index contributed by atoms with van der Waals surface area (Å²) >= 11 is 0. The normalized spacial score (nSPS) is 18.5. The van der Waals surface area contributed by atoms with Gasteiger partial charge in [-0.05, 0) is 57.0 Å². The molecule has 2 aliphatic rings. The highest BCUT2D eigenvalue weighted by atomic mass is 16.5. The minimum atomic E-state index is -0.229. The van der Waals surface area contributed by atoms with E-state index in [0.29, 0.717) is 18.4 Å². The Kier molecular flexibility index (Phi) is 10.4. The SMILES string of the molecule is CC.CC.Cc1ccc(NC(=O)NC2=CC3CC3C=C2)cc1OCCN(C)C. The van der Waals surface area contributed by atoms with Gasteiger partial charge in [0.15, 0.2) is 0 Å². The number of hydrogen-bond acceptors (Lipinski definition) is 3. The molecule has 0 radical (unpaired) electrons. The number of anilines is 1. The number of aryl methyl sites for hydroxylation is 1. The number of amides is 2. The Labute approximate surface area is 170 Å². The third-order valence-electron chi connectivity index (χ3n) is 4.31. The summed E-state index contributed by atoms with van der Waals surface area (Å²) in [5, 5.41) is 5.76. The summed E-state index contributed by atoms with van der Waals surface area (Å²) in [6.45, 7) is 11.5. The molecule has 2 N–H and O–H groups in total. The largest absolute Gasteiger partial charge is 0.492 e. The Bertz CT molecular complexity index is 680. The number of allylic oxidation sites excluding steroid dienone is 3. The topological polar surface area (TPSA) is 53.6 Å². The van der Waals surface area contributed by atoms with E-state index in [9.17, 15) is 4.79 Å². The number of rotatable bonds is 6. The first-order chi connectivity index (χ1) is 13.5. The third-order valence-corrected chi connectivity index (χ3v) is 4.31. The fraction of sp³-hybridized carbons (Fsp3) is 0.522. The molecule has 1 aromatic rings. The van der Waals surface area contributed by atoms with Crippen molar-refractivity contribution >= 4 is 11.7 Å². The molecule has 28 heavy (non-hydrogen) atoms. The number of carbonyl (C=O) groups is 1. The van der Waals surface area contributed by atoms with Crippen molar-refractivity contribution in [1.82, 2.24) is 10.2 Å². The van der Waals surface area contributed by atoms with E-state index in [4.69, 9.17) is 4.74 Å². The van der Waals surface area contributed by atoms with E-state index in [0.717, 1.165) is 29.2 Å². The maximum atomic E-state index is 12.2. The zero-order valence-electron chi connectivity index (χ0n) is 18.5. The molecule has 5 nitrogen and oxygen atoms in total. The van der Waals surface area contributed by atoms with Crippen molar-refractivity contribution < 1.29 is 9.53 Å². The lowest BCUT2D eigenvalue weighted by molar-refractivity contribution is 0.254. The second-order valence-electron chi connectivity index (χ2n) is 6.76. The molecule has 0 spiro atoms. The predicted molar refractivity (Wildman–Crippen MR) is 119 cm³/mol. The average Bonchev–Trinajstić information content (AvgIpc) is 3.46. The molecule has 0 heterocycles. The summed E-state index contributed by atoms with van der Waals surface area (Å²) in [6.07, 6.45) is 7.49. The van der Waals surface area contributed by atoms with Crippen molar-refractivity contribution in [3.8, 4) is 5.75 Å². The number of nitrogens with zero attached hydrogens (tertiary/aromatic N) is 1. The van der Waals surface area contributed by atoms with Gasteiger partial charge in [-0.1, -0.05) is 45.9 Å². The summed E-state index contributed by atoms with van der Waals surface area (Å²) in [5.41, 5.74) is 2.65. The van der Waals surface area contributed by atoms with Gasteiger partial charge in [0.25, 0.3) is 0 Å². The van der Waals surface area contributed by atoms with Gasteiger partial charge in [0.2, 0.25) is 0 Å². The minimum Gasteiger partial charge on any atom is -0.492 e. The quantitative estimate of drug-likeness (QED) is 0.705. The summed E-state index contributed by atoms with van der Waals surface area (Å²) in [7, 11) is 4.02. The van der Waals surface area contributed by atoms with Crippen molar-refractivity contribution in [3.05, 3.63) is 47.7 Å². The van der Waals surface area contributed by atoms with E-state index in [2.05, 4.69) is 27.7 Å². The van der Waals surface area contributed by atoms with Crippen LogP contribution in [0.2, 0.25) is 0 Å². The molecule has 2 amide bonds. The van der Waals surface area contributed by atoms with Crippen LogP contribution in [0.1, 0.15) is 39.7 Å². The van der Waals surface area contributed by atoms with Crippen LogP contribution in [-0.4, -0.2) is 38.2 Å². The van der Waals surface area contributed by atoms with Crippen molar-refractivity contribution in [2.24, 2.45) is 11.8 Å². The van der Waals surface area contributed by atoms with Gasteiger partial charge in [-0.25, -0.2) is 4.79 Å². The van der Waals surface area contributed by atoms with Crippen LogP contribution in [0, 0.1) is 18.8 Å². The van der Waals surface area contributed by atoms with Gasteiger partial charge in [-0.15, -0.1) is 0 Å². The minimum absolute atomic E-state index is 0.229. The molecule has 0 bridgehead atoms. The van der Waals surface area contributed by atoms with Crippen LogP contribution in [0.3, 0.4) is 0 Å². The van der Waals surface area contributed by atoms with Gasteiger partial charge in [-0.2, -0.15) is 0 Å². The molecule has 2 unspecified atom stereocenters. The first-order valence-corrected chi connectivity index (χ1v) is 10.4. The summed E-state index contributed by atoms with van der Waals surface area (Å²) in [4.78, 5) is 14.2. The highest BCUT2D eigenvalue weighted by molar-refractivity contribution is 5.91. The number of fused-ring (bicyclic) bond motifs is 1. The summed E-state index contributed by atoms with van der Waals surface area (Å²) in [6, 6.07) is 5.48. The van der Waals surface area contributed by atoms with E-state index in [1.54, 1.807) is 0 Å². The molecule has 0 aromatic heterocycles. The first kappa shape index (κ1) is 23.8. The van der Waals surface area contributed by atoms with E-state index in [1.807, 2.05) is 73.0 Å². The Morgan fingerprint density at radius 2 is 1.86 bits per heavy atom. The molecule has 0 aliphatic heterocycles. The van der Waals surface area contributed by atoms with Crippen molar-refractivity contribution in [2.45, 2.75) is 41.0 Å². The average molecular weight is 388 g/mol. The zero-order valence-corrected chi connectivity index (χ0v) is 18.5. The number of benzene rings is 1.